The zero-order valence-corrected chi connectivity index (χ0v) is 12.7. The number of rotatable bonds is 7. The molecule has 0 amide bonds. The molecule has 106 valence electrons. The molecule has 1 aliphatic rings. The van der Waals surface area contributed by atoms with Gasteiger partial charge in [-0.3, -0.25) is 0 Å². The van der Waals surface area contributed by atoms with Crippen LogP contribution in [0.4, 0.5) is 0 Å². The van der Waals surface area contributed by atoms with E-state index in [4.69, 9.17) is 22.1 Å². The molecule has 0 heterocycles. The summed E-state index contributed by atoms with van der Waals surface area (Å²) in [6.45, 7) is 5.04. The van der Waals surface area contributed by atoms with E-state index in [-0.39, 0.29) is 6.04 Å². The van der Waals surface area contributed by atoms with Gasteiger partial charge in [-0.1, -0.05) is 31.5 Å². The van der Waals surface area contributed by atoms with Crippen LogP contribution in [-0.4, -0.2) is 12.6 Å². The molecule has 1 aromatic rings. The maximum absolute atomic E-state index is 6.38. The average Bonchev–Trinajstić information content (AvgIpc) is 3.21. The lowest BCUT2D eigenvalue weighted by atomic mass is 10.0. The Balaban J connectivity index is 2.19. The van der Waals surface area contributed by atoms with Crippen LogP contribution in [0, 0.1) is 5.92 Å². The van der Waals surface area contributed by atoms with Crippen molar-refractivity contribution in [2.24, 2.45) is 11.7 Å². The molecule has 1 aromatic carbocycles. The maximum Gasteiger partial charge on any atom is 0.141 e. The molecule has 3 heteroatoms. The number of nitrogens with two attached hydrogens (primary N) is 1. The summed E-state index contributed by atoms with van der Waals surface area (Å²) in [5.41, 5.74) is 8.50. The van der Waals surface area contributed by atoms with Crippen molar-refractivity contribution in [1.82, 2.24) is 0 Å². The van der Waals surface area contributed by atoms with Crippen molar-refractivity contribution in [3.8, 4) is 5.75 Å². The van der Waals surface area contributed by atoms with E-state index in [1.54, 1.807) is 0 Å². The number of hydrogen-bond acceptors (Lipinski definition) is 2. The lowest BCUT2D eigenvalue weighted by molar-refractivity contribution is 0.296. The zero-order valence-electron chi connectivity index (χ0n) is 11.9. The largest absolute Gasteiger partial charge is 0.491 e. The highest BCUT2D eigenvalue weighted by molar-refractivity contribution is 6.32. The molecule has 0 radical (unpaired) electrons. The van der Waals surface area contributed by atoms with Crippen molar-refractivity contribution >= 4 is 11.6 Å². The van der Waals surface area contributed by atoms with Gasteiger partial charge in [0.25, 0.3) is 0 Å². The Kier molecular flexibility index (Phi) is 5.12. The van der Waals surface area contributed by atoms with Crippen molar-refractivity contribution in [2.45, 2.75) is 52.0 Å². The van der Waals surface area contributed by atoms with Gasteiger partial charge in [0.15, 0.2) is 0 Å². The molecule has 1 aliphatic carbocycles. The first-order valence-corrected chi connectivity index (χ1v) is 7.71. The predicted molar refractivity (Wildman–Crippen MR) is 81.0 cm³/mol. The van der Waals surface area contributed by atoms with Crippen LogP contribution in [0.5, 0.6) is 5.75 Å². The van der Waals surface area contributed by atoms with Crippen LogP contribution in [0.2, 0.25) is 5.02 Å². The normalized spacial score (nSPS) is 16.4. The second-order valence-electron chi connectivity index (χ2n) is 5.55. The fourth-order valence-electron chi connectivity index (χ4n) is 2.14. The van der Waals surface area contributed by atoms with E-state index in [1.807, 2.05) is 6.07 Å². The summed E-state index contributed by atoms with van der Waals surface area (Å²) in [6, 6.07) is 4.39. The highest BCUT2D eigenvalue weighted by atomic mass is 35.5. The van der Waals surface area contributed by atoms with Crippen LogP contribution in [0.1, 0.15) is 44.2 Å². The van der Waals surface area contributed by atoms with E-state index in [9.17, 15) is 0 Å². The SMILES string of the molecule is CCc1cc(Cl)c(OCC2CC2)c(CC(N)CC)c1. The van der Waals surface area contributed by atoms with Crippen molar-refractivity contribution < 1.29 is 4.74 Å². The second-order valence-corrected chi connectivity index (χ2v) is 5.95. The van der Waals surface area contributed by atoms with Crippen LogP contribution >= 0.6 is 11.6 Å². The number of halogens is 1. The summed E-state index contributed by atoms with van der Waals surface area (Å²) >= 11 is 6.38. The molecule has 2 nitrogen and oxygen atoms in total. The summed E-state index contributed by atoms with van der Waals surface area (Å²) in [5, 5.41) is 0.735. The molecule has 1 saturated carbocycles. The van der Waals surface area contributed by atoms with Gasteiger partial charge in [0.2, 0.25) is 0 Å². The van der Waals surface area contributed by atoms with Gasteiger partial charge >= 0.3 is 0 Å². The highest BCUT2D eigenvalue weighted by Crippen LogP contribution is 2.35. The van der Waals surface area contributed by atoms with Crippen LogP contribution in [0.3, 0.4) is 0 Å². The molecule has 0 saturated heterocycles. The molecule has 19 heavy (non-hydrogen) atoms. The van der Waals surface area contributed by atoms with Crippen molar-refractivity contribution in [3.63, 3.8) is 0 Å². The van der Waals surface area contributed by atoms with E-state index in [0.717, 1.165) is 42.6 Å². The minimum absolute atomic E-state index is 0.173. The van der Waals surface area contributed by atoms with Gasteiger partial charge in [0, 0.05) is 6.04 Å². The topological polar surface area (TPSA) is 35.2 Å². The van der Waals surface area contributed by atoms with Crippen LogP contribution in [-0.2, 0) is 12.8 Å². The average molecular weight is 282 g/mol. The quantitative estimate of drug-likeness (QED) is 0.821. The number of hydrogen-bond donors (Lipinski definition) is 1. The maximum atomic E-state index is 6.38. The van der Waals surface area contributed by atoms with Gasteiger partial charge in [0.05, 0.1) is 11.6 Å². The van der Waals surface area contributed by atoms with E-state index >= 15 is 0 Å². The van der Waals surface area contributed by atoms with E-state index in [0.29, 0.717) is 0 Å². The number of aryl methyl sites for hydroxylation is 1. The van der Waals surface area contributed by atoms with Crippen LogP contribution < -0.4 is 10.5 Å². The zero-order chi connectivity index (χ0) is 13.8. The Morgan fingerprint density at radius 2 is 2.11 bits per heavy atom. The van der Waals surface area contributed by atoms with Gasteiger partial charge in [-0.2, -0.15) is 0 Å². The lowest BCUT2D eigenvalue weighted by Crippen LogP contribution is -2.22. The van der Waals surface area contributed by atoms with Crippen LogP contribution in [0.15, 0.2) is 12.1 Å². The third kappa shape index (κ3) is 4.12. The first-order chi connectivity index (χ1) is 9.13. The molecule has 0 spiro atoms. The van der Waals surface area contributed by atoms with Crippen molar-refractivity contribution in [2.75, 3.05) is 6.61 Å². The standard InChI is InChI=1S/C16H24ClNO/c1-3-11-7-13(9-14(18)4-2)16(15(17)8-11)19-10-12-5-6-12/h7-8,12,14H,3-6,9-10,18H2,1-2H3. The van der Waals surface area contributed by atoms with Gasteiger partial charge in [0.1, 0.15) is 5.75 Å². The third-order valence-electron chi connectivity index (χ3n) is 3.76. The Morgan fingerprint density at radius 3 is 2.68 bits per heavy atom. The monoisotopic (exact) mass is 281 g/mol. The first-order valence-electron chi connectivity index (χ1n) is 7.33. The summed E-state index contributed by atoms with van der Waals surface area (Å²) in [4.78, 5) is 0. The Bertz CT molecular complexity index is 429. The van der Waals surface area contributed by atoms with Gasteiger partial charge < -0.3 is 10.5 Å². The van der Waals surface area contributed by atoms with Gasteiger partial charge in [-0.15, -0.1) is 0 Å². The molecule has 2 N–H and O–H groups in total. The minimum atomic E-state index is 0.173. The molecule has 0 aromatic heterocycles. The molecular formula is C16H24ClNO. The van der Waals surface area contributed by atoms with Gasteiger partial charge in [-0.25, -0.2) is 0 Å². The summed E-state index contributed by atoms with van der Waals surface area (Å²) in [7, 11) is 0. The lowest BCUT2D eigenvalue weighted by Gasteiger charge is -2.17. The fraction of sp³-hybridized carbons (Fsp3) is 0.625. The molecular weight excluding hydrogens is 258 g/mol. The molecule has 2 rings (SSSR count). The summed E-state index contributed by atoms with van der Waals surface area (Å²) in [6.07, 6.45) is 5.36. The Hall–Kier alpha value is -0.730. The van der Waals surface area contributed by atoms with Crippen molar-refractivity contribution in [3.05, 3.63) is 28.3 Å². The fourth-order valence-corrected chi connectivity index (χ4v) is 2.46. The molecule has 0 bridgehead atoms. The Labute approximate surface area is 121 Å². The minimum Gasteiger partial charge on any atom is -0.491 e. The van der Waals surface area contributed by atoms with Gasteiger partial charge in [-0.05, 0) is 55.2 Å². The Morgan fingerprint density at radius 1 is 1.37 bits per heavy atom. The number of benzene rings is 1. The van der Waals surface area contributed by atoms with E-state index in [2.05, 4.69) is 19.9 Å². The third-order valence-corrected chi connectivity index (χ3v) is 4.04. The smallest absolute Gasteiger partial charge is 0.141 e. The highest BCUT2D eigenvalue weighted by Gasteiger charge is 2.23. The molecule has 1 atom stereocenters. The molecule has 1 unspecified atom stereocenters. The summed E-state index contributed by atoms with van der Waals surface area (Å²) < 4.78 is 5.95. The van der Waals surface area contributed by atoms with E-state index in [1.165, 1.54) is 24.0 Å². The predicted octanol–water partition coefficient (Wildman–Crippen LogP) is 3.97. The number of ether oxygens (including phenoxy) is 1. The molecule has 1 fully saturated rings. The van der Waals surface area contributed by atoms with E-state index < -0.39 is 0 Å². The molecule has 0 aliphatic heterocycles. The summed E-state index contributed by atoms with van der Waals surface area (Å²) in [5.74, 6) is 1.59. The second kappa shape index (κ2) is 6.62. The van der Waals surface area contributed by atoms with Crippen LogP contribution in [0.25, 0.3) is 0 Å². The first kappa shape index (κ1) is 14.7. The van der Waals surface area contributed by atoms with Crippen molar-refractivity contribution in [1.29, 1.82) is 0 Å².